The number of hydrogen-bond donors (Lipinski definition) is 1. The molecule has 0 saturated heterocycles. The van der Waals surface area contributed by atoms with Gasteiger partial charge in [-0.15, -0.1) is 0 Å². The average molecular weight is 375 g/mol. The van der Waals surface area contributed by atoms with Crippen LogP contribution in [0.5, 0.6) is 0 Å². The number of rotatable bonds is 4. The van der Waals surface area contributed by atoms with Crippen LogP contribution in [0.3, 0.4) is 0 Å². The third-order valence-corrected chi connectivity index (χ3v) is 4.69. The van der Waals surface area contributed by atoms with Gasteiger partial charge in [0.15, 0.2) is 0 Å². The van der Waals surface area contributed by atoms with Gasteiger partial charge in [0.2, 0.25) is 0 Å². The summed E-state index contributed by atoms with van der Waals surface area (Å²) in [4.78, 5) is 17.6. The van der Waals surface area contributed by atoms with Crippen LogP contribution in [0.25, 0.3) is 22.4 Å². The molecule has 28 heavy (non-hydrogen) atoms. The number of carbonyl (C=O) groups excluding carboxylic acids is 1. The largest absolute Gasteiger partial charge is 0.348 e. The standard InChI is InChI=1S/C22H18FN3O2/c1-13-18-14(2)26-28-22(18)25-20(16-8-10-17(23)11-9-16)19(13)21(27)24-12-15-6-4-3-5-7-15/h3-11H,12H2,1-2H3,(H,24,27). The second kappa shape index (κ2) is 7.23. The van der Waals surface area contributed by atoms with Crippen molar-refractivity contribution in [1.82, 2.24) is 15.5 Å². The monoisotopic (exact) mass is 375 g/mol. The molecule has 0 unspecified atom stereocenters. The summed E-state index contributed by atoms with van der Waals surface area (Å²) < 4.78 is 18.7. The average Bonchev–Trinajstić information content (AvgIpc) is 3.08. The van der Waals surface area contributed by atoms with Gasteiger partial charge in [0.25, 0.3) is 11.6 Å². The van der Waals surface area contributed by atoms with Crippen molar-refractivity contribution in [1.29, 1.82) is 0 Å². The Morgan fingerprint density at radius 1 is 1.07 bits per heavy atom. The Labute approximate surface area is 161 Å². The molecule has 0 spiro atoms. The van der Waals surface area contributed by atoms with Crippen LogP contribution >= 0.6 is 0 Å². The molecule has 0 radical (unpaired) electrons. The van der Waals surface area contributed by atoms with Gasteiger partial charge in [0.1, 0.15) is 5.82 Å². The number of halogens is 1. The minimum Gasteiger partial charge on any atom is -0.348 e. The number of nitrogens with zero attached hydrogens (tertiary/aromatic N) is 2. The topological polar surface area (TPSA) is 68.0 Å². The number of nitrogens with one attached hydrogen (secondary N) is 1. The molecule has 0 bridgehead atoms. The van der Waals surface area contributed by atoms with E-state index < -0.39 is 0 Å². The Kier molecular flexibility index (Phi) is 4.61. The molecule has 0 aliphatic heterocycles. The highest BCUT2D eigenvalue weighted by Gasteiger charge is 2.23. The fourth-order valence-corrected chi connectivity index (χ4v) is 3.29. The molecule has 0 saturated carbocycles. The van der Waals surface area contributed by atoms with Gasteiger partial charge in [0.05, 0.1) is 22.3 Å². The summed E-state index contributed by atoms with van der Waals surface area (Å²) in [6.45, 7) is 4.05. The molecule has 0 aliphatic carbocycles. The van der Waals surface area contributed by atoms with Gasteiger partial charge in [0, 0.05) is 12.1 Å². The van der Waals surface area contributed by atoms with Gasteiger partial charge in [-0.1, -0.05) is 35.5 Å². The molecule has 4 rings (SSSR count). The van der Waals surface area contributed by atoms with Gasteiger partial charge in [-0.25, -0.2) is 9.37 Å². The number of pyridine rings is 1. The SMILES string of the molecule is Cc1noc2nc(-c3ccc(F)cc3)c(C(=O)NCc3ccccc3)c(C)c12. The molecule has 1 N–H and O–H groups in total. The van der Waals surface area contributed by atoms with Gasteiger partial charge >= 0.3 is 0 Å². The highest BCUT2D eigenvalue weighted by Crippen LogP contribution is 2.31. The number of fused-ring (bicyclic) bond motifs is 1. The van der Waals surface area contributed by atoms with Crippen molar-refractivity contribution in [3.63, 3.8) is 0 Å². The van der Waals surface area contributed by atoms with Crippen LogP contribution in [-0.2, 0) is 6.54 Å². The van der Waals surface area contributed by atoms with E-state index in [2.05, 4.69) is 15.5 Å². The van der Waals surface area contributed by atoms with Crippen LogP contribution in [0.15, 0.2) is 59.1 Å². The maximum Gasteiger partial charge on any atom is 0.258 e. The van der Waals surface area contributed by atoms with E-state index in [0.717, 1.165) is 16.5 Å². The zero-order valence-electron chi connectivity index (χ0n) is 15.5. The predicted octanol–water partition coefficient (Wildman–Crippen LogP) is 4.58. The Bertz CT molecular complexity index is 1150. The molecule has 2 aromatic carbocycles. The molecule has 0 fully saturated rings. The van der Waals surface area contributed by atoms with E-state index >= 15 is 0 Å². The van der Waals surface area contributed by atoms with Crippen molar-refractivity contribution in [2.45, 2.75) is 20.4 Å². The zero-order valence-corrected chi connectivity index (χ0v) is 15.5. The Hall–Kier alpha value is -3.54. The maximum absolute atomic E-state index is 13.4. The molecular weight excluding hydrogens is 357 g/mol. The fourth-order valence-electron chi connectivity index (χ4n) is 3.29. The lowest BCUT2D eigenvalue weighted by atomic mass is 9.98. The molecule has 140 valence electrons. The highest BCUT2D eigenvalue weighted by atomic mass is 19.1. The second-order valence-corrected chi connectivity index (χ2v) is 6.58. The lowest BCUT2D eigenvalue weighted by Gasteiger charge is -2.13. The second-order valence-electron chi connectivity index (χ2n) is 6.58. The molecular formula is C22H18FN3O2. The van der Waals surface area contributed by atoms with Crippen LogP contribution in [0, 0.1) is 19.7 Å². The predicted molar refractivity (Wildman–Crippen MR) is 104 cm³/mol. The van der Waals surface area contributed by atoms with E-state index in [1.165, 1.54) is 12.1 Å². The number of amides is 1. The first-order valence-electron chi connectivity index (χ1n) is 8.89. The minimum absolute atomic E-state index is 0.254. The lowest BCUT2D eigenvalue weighted by Crippen LogP contribution is -2.25. The van der Waals surface area contributed by atoms with E-state index in [1.807, 2.05) is 44.2 Å². The molecule has 5 nitrogen and oxygen atoms in total. The highest BCUT2D eigenvalue weighted by molar-refractivity contribution is 6.05. The Balaban J connectivity index is 1.81. The maximum atomic E-state index is 13.4. The van der Waals surface area contributed by atoms with Crippen molar-refractivity contribution in [3.8, 4) is 11.3 Å². The van der Waals surface area contributed by atoms with E-state index in [9.17, 15) is 9.18 Å². The summed E-state index contributed by atoms with van der Waals surface area (Å²) in [6, 6.07) is 15.5. The van der Waals surface area contributed by atoms with Crippen LogP contribution in [0.1, 0.15) is 27.2 Å². The normalized spacial score (nSPS) is 11.0. The third-order valence-electron chi connectivity index (χ3n) is 4.69. The summed E-state index contributed by atoms with van der Waals surface area (Å²) in [6.07, 6.45) is 0. The quantitative estimate of drug-likeness (QED) is 0.567. The summed E-state index contributed by atoms with van der Waals surface area (Å²) in [5, 5.41) is 7.64. The summed E-state index contributed by atoms with van der Waals surface area (Å²) in [7, 11) is 0. The zero-order chi connectivity index (χ0) is 19.7. The number of aromatic nitrogens is 2. The smallest absolute Gasteiger partial charge is 0.258 e. The van der Waals surface area contributed by atoms with Crippen LogP contribution < -0.4 is 5.32 Å². The van der Waals surface area contributed by atoms with E-state index in [4.69, 9.17) is 4.52 Å². The summed E-state index contributed by atoms with van der Waals surface area (Å²) in [5.74, 6) is -0.609. The summed E-state index contributed by atoms with van der Waals surface area (Å²) in [5.41, 5.74) is 4.25. The summed E-state index contributed by atoms with van der Waals surface area (Å²) >= 11 is 0. The van der Waals surface area contributed by atoms with Crippen molar-refractivity contribution in [2.24, 2.45) is 0 Å². The van der Waals surface area contributed by atoms with E-state index in [-0.39, 0.29) is 11.7 Å². The first-order valence-corrected chi connectivity index (χ1v) is 8.89. The lowest BCUT2D eigenvalue weighted by molar-refractivity contribution is 0.0951. The molecule has 2 heterocycles. The van der Waals surface area contributed by atoms with Crippen molar-refractivity contribution in [3.05, 3.63) is 82.8 Å². The van der Waals surface area contributed by atoms with Gasteiger partial charge in [-0.3, -0.25) is 4.79 Å². The molecule has 2 aromatic heterocycles. The van der Waals surface area contributed by atoms with E-state index in [0.29, 0.717) is 34.8 Å². The number of aryl methyl sites for hydroxylation is 2. The third kappa shape index (κ3) is 3.24. The van der Waals surface area contributed by atoms with Crippen molar-refractivity contribution in [2.75, 3.05) is 0 Å². The molecule has 6 heteroatoms. The molecule has 0 aliphatic rings. The van der Waals surface area contributed by atoms with Crippen molar-refractivity contribution >= 4 is 17.0 Å². The van der Waals surface area contributed by atoms with Crippen LogP contribution in [0.2, 0.25) is 0 Å². The Morgan fingerprint density at radius 2 is 1.79 bits per heavy atom. The van der Waals surface area contributed by atoms with Crippen molar-refractivity contribution < 1.29 is 13.7 Å². The minimum atomic E-state index is -0.355. The first kappa shape index (κ1) is 17.9. The molecule has 0 atom stereocenters. The van der Waals surface area contributed by atoms with Gasteiger partial charge in [-0.2, -0.15) is 0 Å². The van der Waals surface area contributed by atoms with E-state index in [1.54, 1.807) is 12.1 Å². The molecule has 1 amide bonds. The van der Waals surface area contributed by atoms with Gasteiger partial charge in [-0.05, 0) is 49.2 Å². The molecule has 4 aromatic rings. The number of carbonyl (C=O) groups is 1. The van der Waals surface area contributed by atoms with Crippen LogP contribution in [0.4, 0.5) is 4.39 Å². The Morgan fingerprint density at radius 3 is 2.50 bits per heavy atom. The number of benzene rings is 2. The fraction of sp³-hybridized carbons (Fsp3) is 0.136. The van der Waals surface area contributed by atoms with Gasteiger partial charge < -0.3 is 9.84 Å². The number of hydrogen-bond acceptors (Lipinski definition) is 4. The van der Waals surface area contributed by atoms with Crippen LogP contribution in [-0.4, -0.2) is 16.0 Å². The first-order chi connectivity index (χ1) is 13.5.